The molecular weight excluding hydrogens is 733 g/mol. The molecule has 0 fully saturated rings. The fourth-order valence-corrected chi connectivity index (χ4v) is 10.3. The molecule has 0 N–H and O–H groups in total. The van der Waals surface area contributed by atoms with Gasteiger partial charge in [0.05, 0.1) is 0 Å². The van der Waals surface area contributed by atoms with Gasteiger partial charge in [-0.25, -0.2) is 0 Å². The van der Waals surface area contributed by atoms with E-state index in [2.05, 4.69) is 224 Å². The Morgan fingerprint density at radius 2 is 0.639 bits per heavy atom. The van der Waals surface area contributed by atoms with E-state index < -0.39 is 0 Å². The van der Waals surface area contributed by atoms with Crippen LogP contribution in [0, 0.1) is 0 Å². The molecule has 0 nitrogen and oxygen atoms in total. The van der Waals surface area contributed by atoms with Crippen molar-refractivity contribution in [2.75, 3.05) is 0 Å². The summed E-state index contributed by atoms with van der Waals surface area (Å²) in [5, 5.41) is 10.3. The molecule has 0 heteroatoms. The lowest BCUT2D eigenvalue weighted by molar-refractivity contribution is 0.591. The van der Waals surface area contributed by atoms with Gasteiger partial charge < -0.3 is 0 Å². The molecule has 10 aromatic rings. The van der Waals surface area contributed by atoms with Crippen LogP contribution in [0.2, 0.25) is 0 Å². The number of fused-ring (bicyclic) bond motifs is 9. The van der Waals surface area contributed by atoms with Gasteiger partial charge in [0, 0.05) is 0 Å². The summed E-state index contributed by atoms with van der Waals surface area (Å²) in [7, 11) is 0. The minimum Gasteiger partial charge on any atom is -0.0616 e. The summed E-state index contributed by atoms with van der Waals surface area (Å²) in [5.41, 5.74) is 18.5. The maximum absolute atomic E-state index is 2.54. The van der Waals surface area contributed by atoms with Crippen LogP contribution < -0.4 is 0 Å². The lowest BCUT2D eigenvalue weighted by Gasteiger charge is -2.27. The van der Waals surface area contributed by atoms with Crippen LogP contribution in [-0.2, 0) is 17.3 Å². The largest absolute Gasteiger partial charge is 0.0616 e. The summed E-state index contributed by atoms with van der Waals surface area (Å²) in [4.78, 5) is 0. The predicted octanol–water partition coefficient (Wildman–Crippen LogP) is 17.1. The van der Waals surface area contributed by atoms with Crippen molar-refractivity contribution in [1.82, 2.24) is 0 Å². The van der Waals surface area contributed by atoms with E-state index in [1.807, 2.05) is 0 Å². The Balaban J connectivity index is 1.04. The van der Waals surface area contributed by atoms with Crippen molar-refractivity contribution < 1.29 is 0 Å². The monoisotopic (exact) mass is 782 g/mol. The first-order chi connectivity index (χ1) is 29.5. The van der Waals surface area contributed by atoms with E-state index in [0.29, 0.717) is 0 Å². The standard InChI is InChI=1S/C61H50/c1-60(2,3)58-36-54-44(34-56(58)52-21-13-11-19-48(52)42-27-29-50-40(31-42)25-23-38-15-7-9-17-46(38)50)33-45-35-57(59(37-55(45)54)61(4,5)6)53-22-14-12-20-49(53)43-28-30-51-41(32-43)26-24-39-16-8-10-18-47(39)51/h7-32,34-37H,33H2,1-6H3. The van der Waals surface area contributed by atoms with Crippen LogP contribution in [-0.4, -0.2) is 0 Å². The minimum absolute atomic E-state index is 0.0690. The molecule has 1 aliphatic carbocycles. The van der Waals surface area contributed by atoms with Crippen LogP contribution in [0.3, 0.4) is 0 Å². The van der Waals surface area contributed by atoms with Gasteiger partial charge in [-0.3, -0.25) is 0 Å². The first-order valence-electron chi connectivity index (χ1n) is 21.9. The normalized spacial score (nSPS) is 12.7. The fraction of sp³-hybridized carbons (Fsp3) is 0.148. The zero-order valence-corrected chi connectivity index (χ0v) is 36.0. The highest BCUT2D eigenvalue weighted by Crippen LogP contribution is 2.49. The first-order valence-corrected chi connectivity index (χ1v) is 21.9. The lowest BCUT2D eigenvalue weighted by atomic mass is 9.77. The summed E-state index contributed by atoms with van der Waals surface area (Å²) in [6, 6.07) is 68.7. The molecule has 10 aromatic carbocycles. The molecule has 0 atom stereocenters. The van der Waals surface area contributed by atoms with Gasteiger partial charge in [-0.05, 0) is 175 Å². The summed E-state index contributed by atoms with van der Waals surface area (Å²) in [5.74, 6) is 0. The van der Waals surface area contributed by atoms with Crippen molar-refractivity contribution in [1.29, 1.82) is 0 Å². The van der Waals surface area contributed by atoms with Crippen molar-refractivity contribution in [2.24, 2.45) is 0 Å². The number of hydrogen-bond donors (Lipinski definition) is 0. The summed E-state index contributed by atoms with van der Waals surface area (Å²) >= 11 is 0. The number of benzene rings is 10. The molecule has 0 bridgehead atoms. The molecule has 0 amide bonds. The second-order valence-electron chi connectivity index (χ2n) is 19.3. The summed E-state index contributed by atoms with van der Waals surface area (Å²) in [6.07, 6.45) is 0.913. The molecule has 61 heavy (non-hydrogen) atoms. The van der Waals surface area contributed by atoms with Crippen LogP contribution in [0.4, 0.5) is 0 Å². The van der Waals surface area contributed by atoms with Gasteiger partial charge in [0.15, 0.2) is 0 Å². The second-order valence-corrected chi connectivity index (χ2v) is 19.3. The Bertz CT molecular complexity index is 3170. The van der Waals surface area contributed by atoms with Gasteiger partial charge in [-0.2, -0.15) is 0 Å². The van der Waals surface area contributed by atoms with Crippen LogP contribution in [0.5, 0.6) is 0 Å². The van der Waals surface area contributed by atoms with Gasteiger partial charge >= 0.3 is 0 Å². The highest BCUT2D eigenvalue weighted by Gasteiger charge is 2.30. The Morgan fingerprint density at radius 1 is 0.279 bits per heavy atom. The molecule has 0 saturated heterocycles. The smallest absolute Gasteiger partial charge is 0.00130 e. The van der Waals surface area contributed by atoms with Crippen LogP contribution in [0.15, 0.2) is 182 Å². The Hall–Kier alpha value is -6.76. The first kappa shape index (κ1) is 37.3. The third kappa shape index (κ3) is 6.28. The predicted molar refractivity (Wildman–Crippen MR) is 264 cm³/mol. The molecule has 0 aliphatic heterocycles. The van der Waals surface area contributed by atoms with Gasteiger partial charge in [0.25, 0.3) is 0 Å². The maximum Gasteiger partial charge on any atom is -0.00130 e. The Labute approximate surface area is 360 Å². The second kappa shape index (κ2) is 13.9. The third-order valence-electron chi connectivity index (χ3n) is 13.3. The molecule has 0 heterocycles. The highest BCUT2D eigenvalue weighted by molar-refractivity contribution is 6.10. The van der Waals surface area contributed by atoms with Crippen molar-refractivity contribution in [3.8, 4) is 55.6 Å². The zero-order chi connectivity index (χ0) is 41.6. The average molecular weight is 783 g/mol. The van der Waals surface area contributed by atoms with E-state index in [1.165, 1.54) is 121 Å². The molecule has 0 saturated carbocycles. The molecule has 294 valence electrons. The van der Waals surface area contributed by atoms with Gasteiger partial charge in [-0.15, -0.1) is 0 Å². The Kier molecular flexibility index (Phi) is 8.49. The quantitative estimate of drug-likeness (QED) is 0.156. The van der Waals surface area contributed by atoms with Crippen LogP contribution in [0.1, 0.15) is 63.8 Å². The van der Waals surface area contributed by atoms with Crippen molar-refractivity contribution in [3.05, 3.63) is 204 Å². The molecule has 0 aromatic heterocycles. The van der Waals surface area contributed by atoms with Crippen molar-refractivity contribution >= 4 is 43.1 Å². The van der Waals surface area contributed by atoms with Crippen LogP contribution >= 0.6 is 0 Å². The van der Waals surface area contributed by atoms with E-state index in [0.717, 1.165) is 6.42 Å². The van der Waals surface area contributed by atoms with Gasteiger partial charge in [0.1, 0.15) is 0 Å². The van der Waals surface area contributed by atoms with E-state index in [9.17, 15) is 0 Å². The summed E-state index contributed by atoms with van der Waals surface area (Å²) < 4.78 is 0. The zero-order valence-electron chi connectivity index (χ0n) is 36.0. The SMILES string of the molecule is CC(C)(C)c1cc2c(cc1-c1ccccc1-c1ccc3c(ccc4ccccc43)c1)Cc1cc(-c3ccccc3-c3ccc4c(ccc5ccccc54)c3)c(C(C)(C)C)cc1-2. The number of rotatable bonds is 4. The van der Waals surface area contributed by atoms with Crippen LogP contribution in [0.25, 0.3) is 98.7 Å². The van der Waals surface area contributed by atoms with Crippen molar-refractivity contribution in [3.63, 3.8) is 0 Å². The molecule has 1 aliphatic rings. The average Bonchev–Trinajstić information content (AvgIpc) is 3.63. The lowest BCUT2D eigenvalue weighted by Crippen LogP contribution is -2.14. The molecular formula is C61H50. The highest BCUT2D eigenvalue weighted by atomic mass is 14.3. The molecule has 0 radical (unpaired) electrons. The van der Waals surface area contributed by atoms with E-state index in [1.54, 1.807) is 0 Å². The molecule has 11 rings (SSSR count). The van der Waals surface area contributed by atoms with Gasteiger partial charge in [-0.1, -0.05) is 187 Å². The molecule has 0 spiro atoms. The van der Waals surface area contributed by atoms with E-state index in [-0.39, 0.29) is 10.8 Å². The molecule has 0 unspecified atom stereocenters. The van der Waals surface area contributed by atoms with Crippen molar-refractivity contribution in [2.45, 2.75) is 58.8 Å². The van der Waals surface area contributed by atoms with Gasteiger partial charge in [0.2, 0.25) is 0 Å². The maximum atomic E-state index is 2.54. The summed E-state index contributed by atoms with van der Waals surface area (Å²) in [6.45, 7) is 14.2. The number of hydrogen-bond acceptors (Lipinski definition) is 0. The fourth-order valence-electron chi connectivity index (χ4n) is 10.3. The third-order valence-corrected chi connectivity index (χ3v) is 13.3. The topological polar surface area (TPSA) is 0 Å². The minimum atomic E-state index is -0.0690. The van der Waals surface area contributed by atoms with E-state index in [4.69, 9.17) is 0 Å². The van der Waals surface area contributed by atoms with E-state index >= 15 is 0 Å². The Morgan fingerprint density at radius 3 is 1.07 bits per heavy atom.